The molecule has 0 aromatic carbocycles. The van der Waals surface area contributed by atoms with Gasteiger partial charge in [0.15, 0.2) is 21.6 Å². The van der Waals surface area contributed by atoms with Crippen LogP contribution in [0, 0.1) is 0 Å². The Morgan fingerprint density at radius 1 is 0.730 bits per heavy atom. The van der Waals surface area contributed by atoms with Crippen molar-refractivity contribution in [3.05, 3.63) is 57.9 Å². The normalized spacial score (nSPS) is 15.4. The third kappa shape index (κ3) is 5.36. The van der Waals surface area contributed by atoms with Gasteiger partial charge in [-0.2, -0.15) is 0 Å². The van der Waals surface area contributed by atoms with Crippen molar-refractivity contribution in [2.24, 2.45) is 0 Å². The van der Waals surface area contributed by atoms with Crippen molar-refractivity contribution in [1.82, 2.24) is 28.7 Å². The van der Waals surface area contributed by atoms with Gasteiger partial charge < -0.3 is 4.74 Å². The maximum atomic E-state index is 6.91. The molecule has 9 heteroatoms. The predicted octanol–water partition coefficient (Wildman–Crippen LogP) is 7.46. The lowest BCUT2D eigenvalue weighted by Crippen LogP contribution is -2.30. The topological polar surface area (TPSA) is 69.6 Å². The second-order valence-electron chi connectivity index (χ2n) is 9.75. The zero-order valence-electron chi connectivity index (χ0n) is 22.7. The molecule has 4 rings (SSSR count). The van der Waals surface area contributed by atoms with Crippen LogP contribution in [0.25, 0.3) is 11.3 Å². The molecular formula is C28H38Cl2N6O. The minimum atomic E-state index is -0.0269. The van der Waals surface area contributed by atoms with Crippen molar-refractivity contribution < 1.29 is 4.74 Å². The van der Waals surface area contributed by atoms with E-state index in [9.17, 15) is 0 Å². The van der Waals surface area contributed by atoms with Crippen LogP contribution in [-0.2, 0) is 17.6 Å². The Morgan fingerprint density at radius 2 is 1.14 bits per heavy atom. The Hall–Kier alpha value is -2.22. The van der Waals surface area contributed by atoms with Crippen molar-refractivity contribution in [3.8, 4) is 0 Å². The van der Waals surface area contributed by atoms with Crippen LogP contribution in [0.5, 0.6) is 0 Å². The van der Waals surface area contributed by atoms with Gasteiger partial charge in [-0.25, -0.2) is 19.9 Å². The lowest BCUT2D eigenvalue weighted by atomic mass is 9.90. The first-order chi connectivity index (χ1) is 17.9. The summed E-state index contributed by atoms with van der Waals surface area (Å²) < 4.78 is 11.1. The molecule has 0 bridgehead atoms. The first-order valence-corrected chi connectivity index (χ1v) is 14.3. The molecule has 4 unspecified atom stereocenters. The number of ether oxygens (including phenoxy) is 1. The van der Waals surface area contributed by atoms with Crippen molar-refractivity contribution in [1.29, 1.82) is 0 Å². The second-order valence-corrected chi connectivity index (χ2v) is 10.5. The van der Waals surface area contributed by atoms with Gasteiger partial charge in [0, 0.05) is 36.6 Å². The number of fused-ring (bicyclic) bond motifs is 2. The summed E-state index contributed by atoms with van der Waals surface area (Å²) in [6.07, 6.45) is 13.1. The summed E-state index contributed by atoms with van der Waals surface area (Å²) in [5.74, 6) is 0.342. The highest BCUT2D eigenvalue weighted by Gasteiger charge is 2.32. The highest BCUT2D eigenvalue weighted by atomic mass is 35.5. The molecule has 0 saturated carbocycles. The third-order valence-electron chi connectivity index (χ3n) is 7.36. The fourth-order valence-electron chi connectivity index (χ4n) is 5.67. The maximum Gasteiger partial charge on any atom is 0.175 e. The van der Waals surface area contributed by atoms with Crippen molar-refractivity contribution in [3.63, 3.8) is 0 Å². The van der Waals surface area contributed by atoms with Gasteiger partial charge in [-0.05, 0) is 39.5 Å². The van der Waals surface area contributed by atoms with Crippen LogP contribution < -0.4 is 0 Å². The average molecular weight is 546 g/mol. The summed E-state index contributed by atoms with van der Waals surface area (Å²) in [7, 11) is 0. The summed E-state index contributed by atoms with van der Waals surface area (Å²) >= 11 is 12.8. The van der Waals surface area contributed by atoms with E-state index < -0.39 is 0 Å². The van der Waals surface area contributed by atoms with Crippen LogP contribution in [0.4, 0.5) is 0 Å². The molecule has 7 nitrogen and oxygen atoms in total. The number of nitrogens with zero attached hydrogens (tertiary/aromatic N) is 6. The monoisotopic (exact) mass is 544 g/mol. The molecule has 4 aromatic heterocycles. The highest BCUT2D eigenvalue weighted by molar-refractivity contribution is 6.32. The first-order valence-electron chi connectivity index (χ1n) is 13.5. The second kappa shape index (κ2) is 12.1. The zero-order chi connectivity index (χ0) is 26.7. The molecule has 4 aromatic rings. The van der Waals surface area contributed by atoms with Gasteiger partial charge in [0.25, 0.3) is 0 Å². The van der Waals surface area contributed by atoms with Crippen molar-refractivity contribution in [2.75, 3.05) is 0 Å². The fourth-order valence-corrected chi connectivity index (χ4v) is 6.05. The molecular weight excluding hydrogens is 507 g/mol. The van der Waals surface area contributed by atoms with Gasteiger partial charge in [0.05, 0.1) is 35.0 Å². The molecule has 0 aliphatic heterocycles. The number of imidazole rings is 2. The SMILES string of the molecule is CCCC(c1c(CC)nc2c(Cl)nccn12)C(C)OC(C)C(CCC)c1c(CC)nc2c(Cl)nccn12. The summed E-state index contributed by atoms with van der Waals surface area (Å²) in [4.78, 5) is 18.2. The third-order valence-corrected chi connectivity index (χ3v) is 7.89. The number of hydrogen-bond donors (Lipinski definition) is 0. The van der Waals surface area contributed by atoms with Crippen LogP contribution in [0.2, 0.25) is 10.3 Å². The molecule has 0 aliphatic rings. The van der Waals surface area contributed by atoms with E-state index in [1.807, 2.05) is 12.4 Å². The van der Waals surface area contributed by atoms with E-state index in [-0.39, 0.29) is 24.0 Å². The molecule has 0 radical (unpaired) electrons. The van der Waals surface area contributed by atoms with Gasteiger partial charge in [-0.15, -0.1) is 0 Å². The number of aryl methyl sites for hydroxylation is 2. The molecule has 200 valence electrons. The van der Waals surface area contributed by atoms with E-state index >= 15 is 0 Å². The van der Waals surface area contributed by atoms with Crippen LogP contribution in [0.3, 0.4) is 0 Å². The van der Waals surface area contributed by atoms with Gasteiger partial charge in [-0.3, -0.25) is 8.80 Å². The van der Waals surface area contributed by atoms with Crippen molar-refractivity contribution >= 4 is 34.5 Å². The van der Waals surface area contributed by atoms with Gasteiger partial charge in [0.2, 0.25) is 0 Å². The quantitative estimate of drug-likeness (QED) is 0.185. The zero-order valence-corrected chi connectivity index (χ0v) is 24.2. The van der Waals surface area contributed by atoms with Crippen LogP contribution in [-0.4, -0.2) is 40.9 Å². The molecule has 4 heterocycles. The van der Waals surface area contributed by atoms with E-state index in [1.165, 1.54) is 11.4 Å². The van der Waals surface area contributed by atoms with E-state index in [2.05, 4.69) is 60.3 Å². The molecule has 0 saturated heterocycles. The number of halogens is 2. The molecule has 0 aliphatic carbocycles. The lowest BCUT2D eigenvalue weighted by Gasteiger charge is -2.32. The van der Waals surface area contributed by atoms with Gasteiger partial charge >= 0.3 is 0 Å². The minimum Gasteiger partial charge on any atom is -0.374 e. The summed E-state index contributed by atoms with van der Waals surface area (Å²) in [6.45, 7) is 13.1. The Bertz CT molecular complexity index is 1250. The summed E-state index contributed by atoms with van der Waals surface area (Å²) in [5.41, 5.74) is 5.89. The Morgan fingerprint density at radius 3 is 1.49 bits per heavy atom. The Kier molecular flexibility index (Phi) is 9.09. The van der Waals surface area contributed by atoms with E-state index in [0.717, 1.165) is 49.9 Å². The number of rotatable bonds is 12. The Labute approximate surface area is 229 Å². The molecule has 4 atom stereocenters. The molecule has 0 fully saturated rings. The smallest absolute Gasteiger partial charge is 0.175 e. The fraction of sp³-hybridized carbons (Fsp3) is 0.571. The molecule has 0 amide bonds. The summed E-state index contributed by atoms with van der Waals surface area (Å²) in [5, 5.41) is 0.855. The Balaban J connectivity index is 1.71. The lowest BCUT2D eigenvalue weighted by molar-refractivity contribution is -0.0247. The van der Waals surface area contributed by atoms with Gasteiger partial charge in [0.1, 0.15) is 0 Å². The number of aromatic nitrogens is 6. The standard InChI is InChI=1S/C28H38Cl2N6O/c1-7-11-19(23-21(9-3)33-27-25(29)31-13-15-35(23)27)17(5)37-18(6)20(12-8-2)24-22(10-4)34-28-26(30)32-14-16-36(24)28/h13-20H,7-12H2,1-6H3. The first kappa shape index (κ1) is 27.8. The maximum absolute atomic E-state index is 6.91. The van der Waals surface area contributed by atoms with Crippen LogP contribution in [0.1, 0.15) is 102 Å². The predicted molar refractivity (Wildman–Crippen MR) is 150 cm³/mol. The van der Waals surface area contributed by atoms with E-state index in [1.54, 1.807) is 12.4 Å². The summed E-state index contributed by atoms with van der Waals surface area (Å²) in [6, 6.07) is 0. The minimum absolute atomic E-state index is 0.0269. The van der Waals surface area contributed by atoms with Gasteiger partial charge in [-0.1, -0.05) is 63.7 Å². The van der Waals surface area contributed by atoms with Crippen molar-refractivity contribution in [2.45, 2.75) is 104 Å². The van der Waals surface area contributed by atoms with Crippen LogP contribution in [0.15, 0.2) is 24.8 Å². The van der Waals surface area contributed by atoms with E-state index in [4.69, 9.17) is 37.9 Å². The molecule has 0 spiro atoms. The number of hydrogen-bond acceptors (Lipinski definition) is 5. The molecule has 0 N–H and O–H groups in total. The largest absolute Gasteiger partial charge is 0.374 e. The van der Waals surface area contributed by atoms with Crippen LogP contribution >= 0.6 is 23.2 Å². The highest BCUT2D eigenvalue weighted by Crippen LogP contribution is 2.36. The average Bonchev–Trinajstić information content (AvgIpc) is 3.45. The van der Waals surface area contributed by atoms with E-state index in [0.29, 0.717) is 21.6 Å². The molecule has 37 heavy (non-hydrogen) atoms.